The second-order valence-electron chi connectivity index (χ2n) is 10.2. The monoisotopic (exact) mass is 566 g/mol. The summed E-state index contributed by atoms with van der Waals surface area (Å²) in [5.74, 6) is -0.299. The largest absolute Gasteiger partial charge is 0.481 e. The van der Waals surface area contributed by atoms with Crippen molar-refractivity contribution in [2.24, 2.45) is 0 Å². The van der Waals surface area contributed by atoms with Crippen LogP contribution in [-0.2, 0) is 22.4 Å². The van der Waals surface area contributed by atoms with Gasteiger partial charge in [-0.15, -0.1) is 0 Å². The number of rotatable bonds is 6. The molecule has 210 valence electrons. The fourth-order valence-corrected chi connectivity index (χ4v) is 5.39. The molecule has 1 aliphatic heterocycles. The number of amides is 1. The van der Waals surface area contributed by atoms with E-state index in [4.69, 9.17) is 21.7 Å². The fraction of sp³-hybridized carbons (Fsp3) is 0.229. The molecule has 0 atom stereocenters. The summed E-state index contributed by atoms with van der Waals surface area (Å²) in [7, 11) is 0. The summed E-state index contributed by atoms with van der Waals surface area (Å²) >= 11 is 6.48. The minimum atomic E-state index is -0.775. The number of carboxylic acid groups (broad SMARTS) is 1. The number of aliphatic carboxylic acids is 1. The molecular weight excluding hydrogens is 532 g/mol. The number of hydrogen-bond donors (Lipinski definition) is 2. The van der Waals surface area contributed by atoms with Crippen LogP contribution in [0.15, 0.2) is 85.6 Å². The molecule has 1 amide bonds. The lowest BCUT2D eigenvalue weighted by molar-refractivity contribution is -0.136. The van der Waals surface area contributed by atoms with E-state index in [0.717, 1.165) is 34.4 Å². The van der Waals surface area contributed by atoms with Crippen molar-refractivity contribution in [2.45, 2.75) is 52.4 Å². The Balaban J connectivity index is 0.000000253. The van der Waals surface area contributed by atoms with E-state index in [-0.39, 0.29) is 19.8 Å². The van der Waals surface area contributed by atoms with Crippen LogP contribution in [0.25, 0.3) is 28.0 Å². The minimum Gasteiger partial charge on any atom is -0.481 e. The molecule has 0 radical (unpaired) electrons. The number of hydrogen-bond acceptors (Lipinski definition) is 3. The number of carbonyl (C=O) groups excluding carboxylic acids is 1. The van der Waals surface area contributed by atoms with Gasteiger partial charge in [0, 0.05) is 34.0 Å². The van der Waals surface area contributed by atoms with Gasteiger partial charge in [-0.1, -0.05) is 93.5 Å². The highest BCUT2D eigenvalue weighted by molar-refractivity contribution is 6.36. The number of benzene rings is 3. The Morgan fingerprint density at radius 1 is 1.00 bits per heavy atom. The van der Waals surface area contributed by atoms with E-state index < -0.39 is 5.97 Å². The Morgan fingerprint density at radius 2 is 1.76 bits per heavy atom. The van der Waals surface area contributed by atoms with Gasteiger partial charge >= 0.3 is 5.97 Å². The lowest BCUT2D eigenvalue weighted by Crippen LogP contribution is -2.10. The number of nitrogens with zero attached hydrogens (tertiary/aromatic N) is 1. The zero-order valence-electron chi connectivity index (χ0n) is 22.4. The van der Waals surface area contributed by atoms with Crippen LogP contribution in [0.2, 0.25) is 5.02 Å². The van der Waals surface area contributed by atoms with Crippen molar-refractivity contribution in [3.8, 4) is 22.4 Å². The molecule has 1 fully saturated rings. The van der Waals surface area contributed by atoms with Gasteiger partial charge in [0.1, 0.15) is 0 Å². The summed E-state index contributed by atoms with van der Waals surface area (Å²) < 4.78 is 0. The van der Waals surface area contributed by atoms with Gasteiger partial charge in [-0.25, -0.2) is 0 Å². The second kappa shape index (κ2) is 13.0. The van der Waals surface area contributed by atoms with Gasteiger partial charge in [-0.05, 0) is 60.1 Å². The summed E-state index contributed by atoms with van der Waals surface area (Å²) in [6.07, 6.45) is 6.76. The van der Waals surface area contributed by atoms with Crippen LogP contribution < -0.4 is 5.32 Å². The van der Waals surface area contributed by atoms with Crippen LogP contribution in [0.1, 0.15) is 61.8 Å². The third kappa shape index (κ3) is 6.58. The maximum Gasteiger partial charge on any atom is 0.307 e. The fourth-order valence-electron chi connectivity index (χ4n) is 5.12. The smallest absolute Gasteiger partial charge is 0.307 e. The maximum atomic E-state index is 11.8. The topological polar surface area (TPSA) is 79.3 Å². The Hall–Kier alpha value is -4.22. The highest BCUT2D eigenvalue weighted by Crippen LogP contribution is 2.42. The number of pyridine rings is 1. The molecule has 1 aromatic heterocycles. The van der Waals surface area contributed by atoms with Crippen LogP contribution in [-0.4, -0.2) is 22.0 Å². The number of nitrogens with one attached hydrogen (secondary N) is 1. The lowest BCUT2D eigenvalue weighted by Gasteiger charge is -2.27. The molecule has 41 heavy (non-hydrogen) atoms. The summed E-state index contributed by atoms with van der Waals surface area (Å²) in [6.45, 7) is 5.92. The van der Waals surface area contributed by atoms with Gasteiger partial charge < -0.3 is 10.4 Å². The summed E-state index contributed by atoms with van der Waals surface area (Å²) in [5.41, 5.74) is 9.39. The van der Waals surface area contributed by atoms with E-state index in [9.17, 15) is 9.59 Å². The van der Waals surface area contributed by atoms with Crippen LogP contribution in [0, 0.1) is 0 Å². The van der Waals surface area contributed by atoms with Gasteiger partial charge in [0.15, 0.2) is 0 Å². The zero-order chi connectivity index (χ0) is 28.2. The summed E-state index contributed by atoms with van der Waals surface area (Å²) in [4.78, 5) is 26.9. The van der Waals surface area contributed by atoms with Gasteiger partial charge in [-0.2, -0.15) is 0 Å². The van der Waals surface area contributed by atoms with E-state index in [1.807, 2.05) is 42.6 Å². The van der Waals surface area contributed by atoms with Gasteiger partial charge in [-0.3, -0.25) is 14.6 Å². The first kappa shape index (κ1) is 29.8. The molecule has 0 spiro atoms. The molecule has 0 unspecified atom stereocenters. The van der Waals surface area contributed by atoms with E-state index in [1.54, 1.807) is 6.07 Å². The third-order valence-corrected chi connectivity index (χ3v) is 7.88. The van der Waals surface area contributed by atoms with Gasteiger partial charge in [0.05, 0.1) is 22.8 Å². The van der Waals surface area contributed by atoms with E-state index in [0.29, 0.717) is 22.2 Å². The maximum absolute atomic E-state index is 11.8. The van der Waals surface area contributed by atoms with Crippen molar-refractivity contribution in [3.63, 3.8) is 0 Å². The Morgan fingerprint density at radius 3 is 2.41 bits per heavy atom. The molecule has 5 nitrogen and oxygen atoms in total. The minimum absolute atomic E-state index is 0. The van der Waals surface area contributed by atoms with Gasteiger partial charge in [0.25, 0.3) is 5.91 Å². The number of fused-ring (bicyclic) bond motifs is 1. The van der Waals surface area contributed by atoms with Crippen molar-refractivity contribution < 1.29 is 14.7 Å². The van der Waals surface area contributed by atoms with E-state index >= 15 is 0 Å². The molecule has 0 saturated heterocycles. The molecule has 2 N–H and O–H groups in total. The van der Waals surface area contributed by atoms with Crippen molar-refractivity contribution in [1.82, 2.24) is 4.98 Å². The Bertz CT molecular complexity index is 1590. The molecule has 3 aromatic carbocycles. The van der Waals surface area contributed by atoms with E-state index in [2.05, 4.69) is 49.2 Å². The number of carboxylic acids is 1. The van der Waals surface area contributed by atoms with Crippen molar-refractivity contribution in [3.05, 3.63) is 113 Å². The molecule has 0 bridgehead atoms. The van der Waals surface area contributed by atoms with Crippen LogP contribution in [0.4, 0.5) is 5.69 Å². The molecular formula is C35H35ClN2O3. The summed E-state index contributed by atoms with van der Waals surface area (Å²) in [6, 6.07) is 24.0. The van der Waals surface area contributed by atoms with Crippen LogP contribution in [0.5, 0.6) is 0 Å². The molecule has 1 saturated carbocycles. The summed E-state index contributed by atoms with van der Waals surface area (Å²) in [5, 5.41) is 11.9. The highest BCUT2D eigenvalue weighted by atomic mass is 35.5. The number of aryl methyl sites for hydroxylation is 1. The van der Waals surface area contributed by atoms with Gasteiger partial charge in [0.2, 0.25) is 0 Å². The first-order valence-electron chi connectivity index (χ1n) is 13.5. The van der Waals surface area contributed by atoms with Crippen molar-refractivity contribution in [2.75, 3.05) is 5.32 Å². The predicted octanol–water partition coefficient (Wildman–Crippen LogP) is 8.81. The molecule has 4 aromatic rings. The zero-order valence-corrected chi connectivity index (χ0v) is 23.2. The molecule has 2 heterocycles. The first-order chi connectivity index (χ1) is 19.3. The number of carbonyl (C=O) groups is 2. The third-order valence-electron chi connectivity index (χ3n) is 7.57. The van der Waals surface area contributed by atoms with Crippen molar-refractivity contribution >= 4 is 34.7 Å². The Labute approximate surface area is 246 Å². The number of halogens is 1. The lowest BCUT2D eigenvalue weighted by atomic mass is 9.78. The van der Waals surface area contributed by atoms with E-state index in [1.165, 1.54) is 36.0 Å². The highest BCUT2D eigenvalue weighted by Gasteiger charge is 2.25. The quantitative estimate of drug-likeness (QED) is 0.228. The molecule has 6 heteroatoms. The standard InChI is InChI=1S/C24H19ClN2O.C10H12O2.CH4/c1-14-19-11-20(21(25)12-23(19)27-24(14)28)16-9-10-22(26-13-16)18-8-3-2-7-17(18)15-5-4-6-15;1-2-8-4-3-5-9(6-8)7-10(11)12;/h2-3,7-13,15H,1,4-6H2,(H,27,28);3-6H,2,7H2,1H3,(H,11,12);1H4. The van der Waals surface area contributed by atoms with Crippen LogP contribution in [0.3, 0.4) is 0 Å². The molecule has 1 aliphatic carbocycles. The average Bonchev–Trinajstić information content (AvgIpc) is 3.19. The Kier molecular flexibility index (Phi) is 9.41. The molecule has 2 aliphatic rings. The predicted molar refractivity (Wildman–Crippen MR) is 168 cm³/mol. The first-order valence-corrected chi connectivity index (χ1v) is 13.9. The number of anilines is 1. The SMILES string of the molecule is C.C=C1C(=O)Nc2cc(Cl)c(-c3ccc(-c4ccccc4C4CCC4)nc3)cc21.CCc1cccc(CC(=O)O)c1. The van der Waals surface area contributed by atoms with Crippen LogP contribution >= 0.6 is 11.6 Å². The average molecular weight is 567 g/mol. The second-order valence-corrected chi connectivity index (χ2v) is 10.6. The number of aromatic nitrogens is 1. The molecule has 6 rings (SSSR count). The van der Waals surface area contributed by atoms with Crippen molar-refractivity contribution in [1.29, 1.82) is 0 Å². The normalized spacial score (nSPS) is 13.7.